The van der Waals surface area contributed by atoms with Gasteiger partial charge in [0.2, 0.25) is 6.41 Å². The van der Waals surface area contributed by atoms with Gasteiger partial charge in [-0.2, -0.15) is 11.1 Å². The number of carbonyl (C=O) groups excluding carboxylic acids is 1. The van der Waals surface area contributed by atoms with Crippen molar-refractivity contribution in [2.45, 2.75) is 25.4 Å². The molecule has 1 amide bonds. The van der Waals surface area contributed by atoms with E-state index in [2.05, 4.69) is 38.5 Å². The lowest BCUT2D eigenvalue weighted by molar-refractivity contribution is -0.110. The molecule has 132 valence electrons. The lowest BCUT2D eigenvalue weighted by atomic mass is 10.1. The van der Waals surface area contributed by atoms with Crippen molar-refractivity contribution >= 4 is 28.0 Å². The zero-order chi connectivity index (χ0) is 17.6. The molecule has 2 aromatic rings. The number of para-hydroxylation sites is 1. The number of hydrogen-bond donors (Lipinski definition) is 3. The van der Waals surface area contributed by atoms with E-state index < -0.39 is 0 Å². The number of carbonyl (C=O) groups is 1. The van der Waals surface area contributed by atoms with Crippen LogP contribution in [0.5, 0.6) is 5.75 Å². The van der Waals surface area contributed by atoms with E-state index in [1.807, 2.05) is 43.4 Å². The largest absolute Gasteiger partial charge is 0.486 e. The fourth-order valence-corrected chi connectivity index (χ4v) is 3.05. The maximum absolute atomic E-state index is 10.4. The van der Waals surface area contributed by atoms with Crippen LogP contribution in [0, 0.1) is 0 Å². The molecular weight excluding hydrogens is 384 g/mol. The van der Waals surface area contributed by atoms with Crippen molar-refractivity contribution in [3.63, 3.8) is 0 Å². The van der Waals surface area contributed by atoms with E-state index in [1.54, 1.807) is 5.01 Å². The number of ether oxygens (including phenoxy) is 1. The summed E-state index contributed by atoms with van der Waals surface area (Å²) >= 11 is 3.57. The predicted molar refractivity (Wildman–Crippen MR) is 101 cm³/mol. The number of anilines is 1. The molecule has 1 aliphatic carbocycles. The van der Waals surface area contributed by atoms with Gasteiger partial charge in [0, 0.05) is 17.1 Å². The number of rotatable bonds is 9. The summed E-state index contributed by atoms with van der Waals surface area (Å²) in [6, 6.07) is 14.2. The smallest absolute Gasteiger partial charge is 0.222 e. The third kappa shape index (κ3) is 4.50. The Kier molecular flexibility index (Phi) is 5.91. The lowest BCUT2D eigenvalue weighted by Crippen LogP contribution is -2.51. The van der Waals surface area contributed by atoms with Crippen molar-refractivity contribution in [1.82, 2.24) is 16.5 Å². The van der Waals surface area contributed by atoms with Gasteiger partial charge in [-0.1, -0.05) is 46.3 Å². The summed E-state index contributed by atoms with van der Waals surface area (Å²) in [5.74, 6) is 1.42. The molecule has 0 spiro atoms. The maximum Gasteiger partial charge on any atom is 0.222 e. The number of nitrogens with one attached hydrogen (secondary N) is 3. The molecule has 0 aliphatic heterocycles. The number of hydrazine groups is 3. The Hall–Kier alpha value is -2.09. The van der Waals surface area contributed by atoms with Crippen molar-refractivity contribution in [3.8, 4) is 5.75 Å². The highest BCUT2D eigenvalue weighted by Crippen LogP contribution is 2.47. The van der Waals surface area contributed by atoms with Crippen molar-refractivity contribution in [2.24, 2.45) is 0 Å². The molecule has 6 nitrogen and oxygen atoms in total. The summed E-state index contributed by atoms with van der Waals surface area (Å²) in [7, 11) is 1.86. The Morgan fingerprint density at radius 2 is 2.04 bits per heavy atom. The molecule has 0 radical (unpaired) electrons. The summed E-state index contributed by atoms with van der Waals surface area (Å²) < 4.78 is 7.27. The summed E-state index contributed by atoms with van der Waals surface area (Å²) in [4.78, 5) is 10.4. The van der Waals surface area contributed by atoms with E-state index in [0.29, 0.717) is 18.9 Å². The molecule has 3 rings (SSSR count). The van der Waals surface area contributed by atoms with Gasteiger partial charge in [-0.25, -0.2) is 0 Å². The first kappa shape index (κ1) is 17.7. The summed E-state index contributed by atoms with van der Waals surface area (Å²) in [6.07, 6.45) is 2.94. The molecule has 0 heterocycles. The average molecular weight is 405 g/mol. The van der Waals surface area contributed by atoms with Crippen molar-refractivity contribution in [1.29, 1.82) is 0 Å². The average Bonchev–Trinajstić information content (AvgIpc) is 3.46. The first-order valence-corrected chi connectivity index (χ1v) is 8.92. The molecule has 1 aliphatic rings. The Labute approximate surface area is 155 Å². The first-order chi connectivity index (χ1) is 12.2. The van der Waals surface area contributed by atoms with Gasteiger partial charge < -0.3 is 4.74 Å². The summed E-state index contributed by atoms with van der Waals surface area (Å²) in [5.41, 5.74) is 11.1. The van der Waals surface area contributed by atoms with Crippen molar-refractivity contribution < 1.29 is 9.53 Å². The van der Waals surface area contributed by atoms with E-state index in [0.717, 1.165) is 21.5 Å². The van der Waals surface area contributed by atoms with Crippen LogP contribution in [0.2, 0.25) is 0 Å². The molecule has 0 saturated heterocycles. The van der Waals surface area contributed by atoms with Crippen LogP contribution in [-0.2, 0) is 11.4 Å². The zero-order valence-electron chi connectivity index (χ0n) is 14.0. The number of halogens is 1. The zero-order valence-corrected chi connectivity index (χ0v) is 15.5. The molecule has 3 N–H and O–H groups in total. The molecule has 1 fully saturated rings. The van der Waals surface area contributed by atoms with Gasteiger partial charge in [0.05, 0.1) is 5.69 Å². The van der Waals surface area contributed by atoms with E-state index >= 15 is 0 Å². The molecule has 2 aromatic carbocycles. The topological polar surface area (TPSA) is 65.6 Å². The third-order valence-electron chi connectivity index (χ3n) is 4.09. The van der Waals surface area contributed by atoms with Crippen LogP contribution in [0.4, 0.5) is 5.69 Å². The molecular formula is C18H21BrN4O2. The number of hydrogen-bond acceptors (Lipinski definition) is 5. The van der Waals surface area contributed by atoms with Crippen LogP contribution in [0.3, 0.4) is 0 Å². The van der Waals surface area contributed by atoms with Crippen LogP contribution in [0.25, 0.3) is 0 Å². The molecule has 1 saturated carbocycles. The minimum atomic E-state index is 0.478. The SMILES string of the molecule is CN(NNNC=O)c1cccc(C2CC2)c1OCc1ccccc1Br. The minimum Gasteiger partial charge on any atom is -0.486 e. The molecule has 0 atom stereocenters. The van der Waals surface area contributed by atoms with Gasteiger partial charge in [0.25, 0.3) is 0 Å². The van der Waals surface area contributed by atoms with Crippen molar-refractivity contribution in [3.05, 3.63) is 58.1 Å². The Balaban J connectivity index is 1.82. The Morgan fingerprint density at radius 1 is 1.24 bits per heavy atom. The Morgan fingerprint density at radius 3 is 2.76 bits per heavy atom. The fourth-order valence-electron chi connectivity index (χ4n) is 2.65. The quantitative estimate of drug-likeness (QED) is 0.340. The molecule has 0 bridgehead atoms. The van der Waals surface area contributed by atoms with Crippen LogP contribution in [-0.4, -0.2) is 13.5 Å². The van der Waals surface area contributed by atoms with Crippen LogP contribution in [0.15, 0.2) is 46.9 Å². The van der Waals surface area contributed by atoms with Crippen LogP contribution < -0.4 is 26.2 Å². The number of nitrogens with zero attached hydrogens (tertiary/aromatic N) is 1. The van der Waals surface area contributed by atoms with Crippen LogP contribution in [0.1, 0.15) is 29.9 Å². The molecule has 0 unspecified atom stereocenters. The van der Waals surface area contributed by atoms with E-state index in [1.165, 1.54) is 18.4 Å². The van der Waals surface area contributed by atoms with Gasteiger partial charge in [0.1, 0.15) is 12.4 Å². The number of benzene rings is 2. The second kappa shape index (κ2) is 8.33. The van der Waals surface area contributed by atoms with Gasteiger partial charge >= 0.3 is 0 Å². The predicted octanol–water partition coefficient (Wildman–Crippen LogP) is 3.01. The molecule has 0 aromatic heterocycles. The lowest BCUT2D eigenvalue weighted by Gasteiger charge is -2.25. The highest BCUT2D eigenvalue weighted by Gasteiger charge is 2.28. The number of amides is 1. The minimum absolute atomic E-state index is 0.478. The standard InChI is InChI=1S/C18H21BrN4O2/c1-23(22-21-20-12-24)17-8-4-6-15(13-9-10-13)18(17)25-11-14-5-2-3-7-16(14)19/h2-8,12-13,21-22H,9-11H2,1H3,(H,20,24). The monoisotopic (exact) mass is 404 g/mol. The maximum atomic E-state index is 10.4. The Bertz CT molecular complexity index is 737. The highest BCUT2D eigenvalue weighted by atomic mass is 79.9. The molecule has 25 heavy (non-hydrogen) atoms. The van der Waals surface area contributed by atoms with Crippen LogP contribution >= 0.6 is 15.9 Å². The second-order valence-corrected chi connectivity index (χ2v) is 6.76. The van der Waals surface area contributed by atoms with E-state index in [-0.39, 0.29) is 0 Å². The normalized spacial score (nSPS) is 13.4. The third-order valence-corrected chi connectivity index (χ3v) is 4.86. The second-order valence-electron chi connectivity index (χ2n) is 5.91. The van der Waals surface area contributed by atoms with Gasteiger partial charge in [-0.15, -0.1) is 0 Å². The van der Waals surface area contributed by atoms with Crippen molar-refractivity contribution in [2.75, 3.05) is 12.1 Å². The highest BCUT2D eigenvalue weighted by molar-refractivity contribution is 9.10. The molecule has 7 heteroatoms. The summed E-state index contributed by atoms with van der Waals surface area (Å²) in [6.45, 7) is 0.478. The summed E-state index contributed by atoms with van der Waals surface area (Å²) in [5, 5.41) is 1.78. The van der Waals surface area contributed by atoms with Gasteiger partial charge in [-0.3, -0.25) is 15.2 Å². The van der Waals surface area contributed by atoms with E-state index in [4.69, 9.17) is 4.74 Å². The first-order valence-electron chi connectivity index (χ1n) is 8.13. The fraction of sp³-hybridized carbons (Fsp3) is 0.278. The van der Waals surface area contributed by atoms with Gasteiger partial charge in [-0.05, 0) is 36.5 Å². The van der Waals surface area contributed by atoms with E-state index in [9.17, 15) is 4.79 Å². The van der Waals surface area contributed by atoms with Gasteiger partial charge in [0.15, 0.2) is 0 Å².